The highest BCUT2D eigenvalue weighted by atomic mass is 32.1. The SMILES string of the molecule is Nc1ncc(CN2CCCc3c(N)cccc32)s1. The van der Waals surface area contributed by atoms with Crippen LogP contribution in [0.3, 0.4) is 0 Å². The van der Waals surface area contributed by atoms with E-state index < -0.39 is 0 Å². The van der Waals surface area contributed by atoms with Gasteiger partial charge in [-0.15, -0.1) is 11.3 Å². The van der Waals surface area contributed by atoms with E-state index in [2.05, 4.69) is 16.0 Å². The van der Waals surface area contributed by atoms with E-state index in [0.29, 0.717) is 5.13 Å². The van der Waals surface area contributed by atoms with Crippen LogP contribution in [0.4, 0.5) is 16.5 Å². The number of hydrogen-bond acceptors (Lipinski definition) is 5. The Morgan fingerprint density at radius 2 is 2.22 bits per heavy atom. The van der Waals surface area contributed by atoms with E-state index in [4.69, 9.17) is 11.5 Å². The first-order chi connectivity index (χ1) is 8.74. The van der Waals surface area contributed by atoms with Crippen molar-refractivity contribution < 1.29 is 0 Å². The normalized spacial score (nSPS) is 14.6. The second kappa shape index (κ2) is 4.49. The Balaban J connectivity index is 1.89. The van der Waals surface area contributed by atoms with Crippen LogP contribution in [-0.2, 0) is 13.0 Å². The number of benzene rings is 1. The summed E-state index contributed by atoms with van der Waals surface area (Å²) in [6, 6.07) is 6.15. The van der Waals surface area contributed by atoms with E-state index in [1.165, 1.54) is 16.1 Å². The predicted octanol–water partition coefficient (Wildman–Crippen LogP) is 2.26. The van der Waals surface area contributed by atoms with Gasteiger partial charge in [-0.25, -0.2) is 4.98 Å². The van der Waals surface area contributed by atoms with Gasteiger partial charge in [-0.3, -0.25) is 0 Å². The van der Waals surface area contributed by atoms with Crippen molar-refractivity contribution in [1.82, 2.24) is 4.98 Å². The van der Waals surface area contributed by atoms with Gasteiger partial charge in [0.25, 0.3) is 0 Å². The standard InChI is InChI=1S/C13H16N4S/c14-11-4-1-5-12-10(11)3-2-6-17(12)8-9-7-16-13(15)18-9/h1,4-5,7H,2-3,6,8,14H2,(H2,15,16). The van der Waals surface area contributed by atoms with Crippen LogP contribution >= 0.6 is 11.3 Å². The molecule has 0 bridgehead atoms. The highest BCUT2D eigenvalue weighted by Gasteiger charge is 2.19. The van der Waals surface area contributed by atoms with Gasteiger partial charge in [-0.05, 0) is 30.5 Å². The van der Waals surface area contributed by atoms with Crippen LogP contribution in [0.1, 0.15) is 16.9 Å². The molecule has 0 amide bonds. The summed E-state index contributed by atoms with van der Waals surface area (Å²) in [7, 11) is 0. The third-order valence-corrected chi connectivity index (χ3v) is 4.11. The van der Waals surface area contributed by atoms with Gasteiger partial charge in [0.15, 0.2) is 5.13 Å². The number of nitrogens with two attached hydrogens (primary N) is 2. The van der Waals surface area contributed by atoms with Crippen LogP contribution in [0, 0.1) is 0 Å². The van der Waals surface area contributed by atoms with E-state index in [9.17, 15) is 0 Å². The Kier molecular flexibility index (Phi) is 2.83. The lowest BCUT2D eigenvalue weighted by Crippen LogP contribution is -2.28. The van der Waals surface area contributed by atoms with Gasteiger partial charge in [-0.1, -0.05) is 6.07 Å². The highest BCUT2D eigenvalue weighted by Crippen LogP contribution is 2.32. The van der Waals surface area contributed by atoms with E-state index in [1.54, 1.807) is 11.3 Å². The third kappa shape index (κ3) is 2.01. The van der Waals surface area contributed by atoms with Gasteiger partial charge < -0.3 is 16.4 Å². The van der Waals surface area contributed by atoms with Gasteiger partial charge in [0.05, 0.1) is 6.54 Å². The van der Waals surface area contributed by atoms with Crippen LogP contribution in [-0.4, -0.2) is 11.5 Å². The number of nitrogen functional groups attached to an aromatic ring is 2. The van der Waals surface area contributed by atoms with Crippen LogP contribution in [0.25, 0.3) is 0 Å². The second-order valence-corrected chi connectivity index (χ2v) is 5.68. The zero-order valence-corrected chi connectivity index (χ0v) is 10.9. The molecule has 3 rings (SSSR count). The van der Waals surface area contributed by atoms with E-state index in [1.807, 2.05) is 18.3 Å². The molecule has 0 saturated carbocycles. The first-order valence-electron chi connectivity index (χ1n) is 6.06. The minimum absolute atomic E-state index is 0.634. The Labute approximate surface area is 110 Å². The van der Waals surface area contributed by atoms with Crippen LogP contribution in [0.15, 0.2) is 24.4 Å². The average Bonchev–Trinajstić information content (AvgIpc) is 2.76. The molecule has 5 heteroatoms. The monoisotopic (exact) mass is 260 g/mol. The fourth-order valence-electron chi connectivity index (χ4n) is 2.48. The Morgan fingerprint density at radius 3 is 3.00 bits per heavy atom. The van der Waals surface area contributed by atoms with Crippen molar-refractivity contribution in [2.45, 2.75) is 19.4 Å². The van der Waals surface area contributed by atoms with E-state index in [0.717, 1.165) is 31.6 Å². The summed E-state index contributed by atoms with van der Waals surface area (Å²) in [5.41, 5.74) is 15.2. The smallest absolute Gasteiger partial charge is 0.180 e. The number of fused-ring (bicyclic) bond motifs is 1. The van der Waals surface area contributed by atoms with Gasteiger partial charge in [0, 0.05) is 29.0 Å². The van der Waals surface area contributed by atoms with Crippen LogP contribution in [0.2, 0.25) is 0 Å². The second-order valence-electron chi connectivity index (χ2n) is 4.53. The quantitative estimate of drug-likeness (QED) is 0.813. The van der Waals surface area contributed by atoms with Crippen molar-refractivity contribution in [2.24, 2.45) is 0 Å². The average molecular weight is 260 g/mol. The fourth-order valence-corrected chi connectivity index (χ4v) is 3.18. The largest absolute Gasteiger partial charge is 0.398 e. The number of nitrogens with zero attached hydrogens (tertiary/aromatic N) is 2. The zero-order chi connectivity index (χ0) is 12.5. The Hall–Kier alpha value is -1.75. The van der Waals surface area contributed by atoms with Crippen molar-refractivity contribution in [3.63, 3.8) is 0 Å². The number of anilines is 3. The fraction of sp³-hybridized carbons (Fsp3) is 0.308. The number of aromatic nitrogens is 1. The molecule has 2 heterocycles. The molecular weight excluding hydrogens is 244 g/mol. The van der Waals surface area contributed by atoms with Crippen molar-refractivity contribution in [1.29, 1.82) is 0 Å². The molecule has 0 radical (unpaired) electrons. The lowest BCUT2D eigenvalue weighted by Gasteiger charge is -2.31. The molecule has 0 aliphatic carbocycles. The topological polar surface area (TPSA) is 68.2 Å². The molecular formula is C13H16N4S. The summed E-state index contributed by atoms with van der Waals surface area (Å²) in [6.45, 7) is 1.93. The predicted molar refractivity (Wildman–Crippen MR) is 76.8 cm³/mol. The molecule has 0 fully saturated rings. The molecule has 4 nitrogen and oxygen atoms in total. The number of thiazole rings is 1. The summed E-state index contributed by atoms with van der Waals surface area (Å²) in [6.07, 6.45) is 4.08. The Bertz CT molecular complexity index is 564. The van der Waals surface area contributed by atoms with E-state index in [-0.39, 0.29) is 0 Å². The van der Waals surface area contributed by atoms with Gasteiger partial charge in [0.1, 0.15) is 0 Å². The maximum absolute atomic E-state index is 6.04. The molecule has 0 atom stereocenters. The van der Waals surface area contributed by atoms with Crippen LogP contribution in [0.5, 0.6) is 0 Å². The molecule has 1 aliphatic rings. The Morgan fingerprint density at radius 1 is 1.33 bits per heavy atom. The molecule has 1 aromatic carbocycles. The summed E-state index contributed by atoms with van der Waals surface area (Å²) < 4.78 is 0. The molecule has 1 aromatic heterocycles. The molecule has 0 saturated heterocycles. The maximum Gasteiger partial charge on any atom is 0.180 e. The maximum atomic E-state index is 6.04. The van der Waals surface area contributed by atoms with E-state index >= 15 is 0 Å². The van der Waals surface area contributed by atoms with Crippen molar-refractivity contribution in [2.75, 3.05) is 22.9 Å². The minimum atomic E-state index is 0.634. The molecule has 1 aliphatic heterocycles. The van der Waals surface area contributed by atoms with Gasteiger partial charge in [-0.2, -0.15) is 0 Å². The summed E-state index contributed by atoms with van der Waals surface area (Å²) in [5, 5.41) is 0.634. The van der Waals surface area contributed by atoms with Gasteiger partial charge in [0.2, 0.25) is 0 Å². The highest BCUT2D eigenvalue weighted by molar-refractivity contribution is 7.15. The van der Waals surface area contributed by atoms with Gasteiger partial charge >= 0.3 is 0 Å². The lowest BCUT2D eigenvalue weighted by molar-refractivity contribution is 0.696. The van der Waals surface area contributed by atoms with Crippen molar-refractivity contribution in [3.05, 3.63) is 34.8 Å². The molecule has 0 unspecified atom stereocenters. The summed E-state index contributed by atoms with van der Waals surface area (Å²) in [5.74, 6) is 0. The minimum Gasteiger partial charge on any atom is -0.398 e. The molecule has 0 spiro atoms. The summed E-state index contributed by atoms with van der Waals surface area (Å²) >= 11 is 1.55. The van der Waals surface area contributed by atoms with Crippen molar-refractivity contribution >= 4 is 27.8 Å². The lowest BCUT2D eigenvalue weighted by atomic mass is 10.00. The number of hydrogen-bond donors (Lipinski definition) is 2. The molecule has 18 heavy (non-hydrogen) atoms. The first kappa shape index (κ1) is 11.3. The molecule has 2 aromatic rings. The summed E-state index contributed by atoms with van der Waals surface area (Å²) in [4.78, 5) is 7.66. The first-order valence-corrected chi connectivity index (χ1v) is 6.88. The van der Waals surface area contributed by atoms with Crippen LogP contribution < -0.4 is 16.4 Å². The number of rotatable bonds is 2. The third-order valence-electron chi connectivity index (χ3n) is 3.30. The molecule has 4 N–H and O–H groups in total. The van der Waals surface area contributed by atoms with Crippen molar-refractivity contribution in [3.8, 4) is 0 Å². The molecule has 94 valence electrons. The zero-order valence-electron chi connectivity index (χ0n) is 10.1.